The zero-order valence-corrected chi connectivity index (χ0v) is 7.66. The molecule has 70 valence electrons. The summed E-state index contributed by atoms with van der Waals surface area (Å²) in [6.45, 7) is 0. The lowest BCUT2D eigenvalue weighted by molar-refractivity contribution is -0.136. The lowest BCUT2D eigenvalue weighted by atomic mass is 10.5. The Morgan fingerprint density at radius 2 is 2.38 bits per heavy atom. The summed E-state index contributed by atoms with van der Waals surface area (Å²) in [4.78, 5) is 14.0. The van der Waals surface area contributed by atoms with Crippen LogP contribution in [0.1, 0.15) is 6.42 Å². The van der Waals surface area contributed by atoms with E-state index in [0.29, 0.717) is 5.03 Å². The van der Waals surface area contributed by atoms with Gasteiger partial charge in [0.1, 0.15) is 5.75 Å². The minimum atomic E-state index is -1.30. The van der Waals surface area contributed by atoms with Crippen LogP contribution in [-0.4, -0.2) is 26.4 Å². The number of carbonyl (C=O) groups is 1. The van der Waals surface area contributed by atoms with Gasteiger partial charge in [0, 0.05) is 23.4 Å². The molecule has 0 fully saturated rings. The van der Waals surface area contributed by atoms with Crippen LogP contribution < -0.4 is 0 Å². The van der Waals surface area contributed by atoms with Crippen molar-refractivity contribution in [2.45, 2.75) is 11.4 Å². The van der Waals surface area contributed by atoms with Gasteiger partial charge in [-0.15, -0.1) is 0 Å². The predicted molar refractivity (Wildman–Crippen MR) is 47.8 cm³/mol. The second-order valence-electron chi connectivity index (χ2n) is 2.36. The first-order valence-electron chi connectivity index (χ1n) is 3.71. The summed E-state index contributed by atoms with van der Waals surface area (Å²) < 4.78 is 11.3. The molecule has 0 aliphatic rings. The summed E-state index contributed by atoms with van der Waals surface area (Å²) in [5.41, 5.74) is 0. The van der Waals surface area contributed by atoms with Crippen LogP contribution in [0.25, 0.3) is 0 Å². The first-order valence-corrected chi connectivity index (χ1v) is 5.03. The molecule has 1 aromatic heterocycles. The van der Waals surface area contributed by atoms with Crippen molar-refractivity contribution >= 4 is 17.1 Å². The fraction of sp³-hybridized carbons (Fsp3) is 0.250. The second kappa shape index (κ2) is 4.84. The summed E-state index contributed by atoms with van der Waals surface area (Å²) >= 11 is -1.30. The van der Waals surface area contributed by atoms with E-state index in [2.05, 4.69) is 4.98 Å². The van der Waals surface area contributed by atoms with Crippen molar-refractivity contribution in [1.82, 2.24) is 4.98 Å². The van der Waals surface area contributed by atoms with Crippen LogP contribution in [0.5, 0.6) is 0 Å². The zero-order chi connectivity index (χ0) is 9.68. The summed E-state index contributed by atoms with van der Waals surface area (Å²) in [5, 5.41) is 8.79. The van der Waals surface area contributed by atoms with Crippen molar-refractivity contribution in [3.8, 4) is 0 Å². The Bertz CT molecular complexity index is 278. The molecule has 0 aliphatic carbocycles. The topological polar surface area (TPSA) is 73.2 Å². The van der Waals surface area contributed by atoms with Gasteiger partial charge in [0.2, 0.25) is 5.03 Å². The Hall–Kier alpha value is -1.07. The van der Waals surface area contributed by atoms with E-state index in [1.165, 1.54) is 6.20 Å². The van der Waals surface area contributed by atoms with Crippen molar-refractivity contribution in [3.05, 3.63) is 24.4 Å². The minimum Gasteiger partial charge on any atom is -0.610 e. The van der Waals surface area contributed by atoms with Crippen molar-refractivity contribution in [2.75, 3.05) is 5.75 Å². The Labute approximate surface area is 78.8 Å². The molecule has 13 heavy (non-hydrogen) atoms. The van der Waals surface area contributed by atoms with Crippen LogP contribution in [0.2, 0.25) is 0 Å². The van der Waals surface area contributed by atoms with Gasteiger partial charge < -0.3 is 9.66 Å². The normalized spacial score (nSPS) is 12.4. The van der Waals surface area contributed by atoms with E-state index >= 15 is 0 Å². The maximum Gasteiger partial charge on any atom is 0.308 e. The fourth-order valence-electron chi connectivity index (χ4n) is 0.766. The molecule has 1 heterocycles. The van der Waals surface area contributed by atoms with Crippen LogP contribution in [-0.2, 0) is 16.0 Å². The number of rotatable bonds is 4. The molecule has 0 saturated heterocycles. The molecule has 0 aliphatic heterocycles. The largest absolute Gasteiger partial charge is 0.610 e. The molecule has 0 saturated carbocycles. The lowest BCUT2D eigenvalue weighted by Gasteiger charge is -2.06. The first-order chi connectivity index (χ1) is 6.20. The van der Waals surface area contributed by atoms with Crippen LogP contribution in [0.15, 0.2) is 29.4 Å². The molecule has 1 rings (SSSR count). The van der Waals surface area contributed by atoms with Gasteiger partial charge in [0.25, 0.3) is 0 Å². The summed E-state index contributed by atoms with van der Waals surface area (Å²) in [6, 6.07) is 5.07. The third-order valence-corrected chi connectivity index (χ3v) is 2.66. The Morgan fingerprint density at radius 3 is 2.92 bits per heavy atom. The number of hydrogen-bond acceptors (Lipinski definition) is 3. The molecule has 4 nitrogen and oxygen atoms in total. The van der Waals surface area contributed by atoms with Crippen molar-refractivity contribution in [1.29, 1.82) is 0 Å². The number of carboxylic acid groups (broad SMARTS) is 1. The Kier molecular flexibility index (Phi) is 3.72. The van der Waals surface area contributed by atoms with E-state index < -0.39 is 17.1 Å². The molecule has 1 N–H and O–H groups in total. The molecule has 1 atom stereocenters. The molecular weight excluding hydrogens is 190 g/mol. The number of nitrogens with zero attached hydrogens (tertiary/aromatic N) is 1. The van der Waals surface area contributed by atoms with Crippen molar-refractivity contribution < 1.29 is 14.5 Å². The number of pyridine rings is 1. The van der Waals surface area contributed by atoms with Crippen LogP contribution >= 0.6 is 0 Å². The van der Waals surface area contributed by atoms with Gasteiger partial charge in [-0.3, -0.25) is 4.79 Å². The van der Waals surface area contributed by atoms with E-state index in [1.807, 2.05) is 0 Å². The van der Waals surface area contributed by atoms with Crippen LogP contribution in [0.4, 0.5) is 0 Å². The zero-order valence-electron chi connectivity index (χ0n) is 6.84. The summed E-state index contributed by atoms with van der Waals surface area (Å²) in [5.74, 6) is -0.823. The molecule has 0 bridgehead atoms. The predicted octanol–water partition coefficient (Wildman–Crippen LogP) is 0.664. The number of aromatic nitrogens is 1. The average Bonchev–Trinajstić information content (AvgIpc) is 2.15. The van der Waals surface area contributed by atoms with E-state index in [4.69, 9.17) is 5.11 Å². The van der Waals surface area contributed by atoms with Crippen molar-refractivity contribution in [2.24, 2.45) is 0 Å². The maximum absolute atomic E-state index is 11.3. The highest BCUT2D eigenvalue weighted by atomic mass is 32.2. The second-order valence-corrected chi connectivity index (χ2v) is 3.88. The maximum atomic E-state index is 11.3. The third kappa shape index (κ3) is 3.43. The number of hydrogen-bond donors (Lipinski definition) is 1. The summed E-state index contributed by atoms with van der Waals surface area (Å²) in [6.07, 6.45) is 1.44. The average molecular weight is 199 g/mol. The Morgan fingerprint density at radius 1 is 1.62 bits per heavy atom. The molecule has 0 spiro atoms. The fourth-order valence-corrected chi connectivity index (χ4v) is 1.74. The smallest absolute Gasteiger partial charge is 0.308 e. The standard InChI is InChI=1S/C8H9NO3S/c10-8(11)4-6-13(12)7-3-1-2-5-9-7/h1-3,5H,4,6H2,(H,10,11). The van der Waals surface area contributed by atoms with E-state index in [0.717, 1.165) is 0 Å². The molecule has 1 unspecified atom stereocenters. The van der Waals surface area contributed by atoms with Gasteiger partial charge in [-0.2, -0.15) is 0 Å². The highest BCUT2D eigenvalue weighted by molar-refractivity contribution is 7.91. The van der Waals surface area contributed by atoms with Gasteiger partial charge >= 0.3 is 5.97 Å². The van der Waals surface area contributed by atoms with Crippen LogP contribution in [0.3, 0.4) is 0 Å². The number of carboxylic acids is 1. The molecular formula is C8H9NO3S. The summed E-state index contributed by atoms with van der Waals surface area (Å²) in [7, 11) is 0. The number of aliphatic carboxylic acids is 1. The van der Waals surface area contributed by atoms with Gasteiger partial charge in [0.15, 0.2) is 0 Å². The monoisotopic (exact) mass is 199 g/mol. The van der Waals surface area contributed by atoms with Gasteiger partial charge in [-0.05, 0) is 6.07 Å². The molecule has 5 heteroatoms. The van der Waals surface area contributed by atoms with E-state index in [1.54, 1.807) is 18.2 Å². The first kappa shape index (κ1) is 10.0. The third-order valence-electron chi connectivity index (χ3n) is 1.37. The molecule has 1 aromatic rings. The molecule has 0 radical (unpaired) electrons. The van der Waals surface area contributed by atoms with Gasteiger partial charge in [-0.1, -0.05) is 6.07 Å². The highest BCUT2D eigenvalue weighted by Crippen LogP contribution is 2.07. The highest BCUT2D eigenvalue weighted by Gasteiger charge is 2.13. The van der Waals surface area contributed by atoms with E-state index in [-0.39, 0.29) is 12.2 Å². The van der Waals surface area contributed by atoms with Gasteiger partial charge in [0.05, 0.1) is 6.42 Å². The Balaban J connectivity index is 2.49. The van der Waals surface area contributed by atoms with Gasteiger partial charge in [-0.25, -0.2) is 4.98 Å². The SMILES string of the molecule is O=C(O)CC[S+]([O-])c1ccccn1. The quantitative estimate of drug-likeness (QED) is 0.723. The minimum absolute atomic E-state index is 0.0941. The van der Waals surface area contributed by atoms with Crippen LogP contribution in [0, 0.1) is 0 Å². The van der Waals surface area contributed by atoms with E-state index in [9.17, 15) is 9.35 Å². The molecule has 0 aromatic carbocycles. The molecule has 0 amide bonds. The lowest BCUT2D eigenvalue weighted by Crippen LogP contribution is -2.12. The van der Waals surface area contributed by atoms with Crippen molar-refractivity contribution in [3.63, 3.8) is 0 Å².